The number of ether oxygens (including phenoxy) is 3. The number of rotatable bonds is 10. The first-order chi connectivity index (χ1) is 15.9. The van der Waals surface area contributed by atoms with Crippen molar-refractivity contribution in [2.45, 2.75) is 32.7 Å². The fraction of sp³-hybridized carbons (Fsp3) is 0.333. The minimum absolute atomic E-state index is 0.181. The molecule has 7 nitrogen and oxygen atoms in total. The topological polar surface area (TPSA) is 85.9 Å². The van der Waals surface area contributed by atoms with Crippen LogP contribution < -0.4 is 20.1 Å². The van der Waals surface area contributed by atoms with Gasteiger partial charge in [-0.05, 0) is 61.7 Å². The fourth-order valence-corrected chi connectivity index (χ4v) is 4.37. The van der Waals surface area contributed by atoms with Gasteiger partial charge in [-0.15, -0.1) is 0 Å². The highest BCUT2D eigenvalue weighted by atomic mass is 35.5. The van der Waals surface area contributed by atoms with E-state index in [0.29, 0.717) is 22.8 Å². The number of esters is 1. The van der Waals surface area contributed by atoms with Crippen molar-refractivity contribution in [3.8, 4) is 11.5 Å². The van der Waals surface area contributed by atoms with Crippen LogP contribution in [0.4, 0.5) is 5.69 Å². The van der Waals surface area contributed by atoms with E-state index in [9.17, 15) is 9.59 Å². The number of anilines is 1. The molecule has 1 aliphatic heterocycles. The predicted octanol–water partition coefficient (Wildman–Crippen LogP) is 4.84. The minimum atomic E-state index is -0.496. The first kappa shape index (κ1) is 24.8. The second kappa shape index (κ2) is 11.9. The normalized spacial score (nSPS) is 16.4. The second-order valence-electron chi connectivity index (χ2n) is 7.03. The Balaban J connectivity index is 1.74. The first-order valence-electron chi connectivity index (χ1n) is 10.7. The lowest BCUT2D eigenvalue weighted by Gasteiger charge is -2.14. The quantitative estimate of drug-likeness (QED) is 0.364. The molecule has 9 heteroatoms. The van der Waals surface area contributed by atoms with Crippen molar-refractivity contribution < 1.29 is 23.8 Å². The van der Waals surface area contributed by atoms with Gasteiger partial charge >= 0.3 is 5.97 Å². The lowest BCUT2D eigenvalue weighted by Crippen LogP contribution is -2.30. The summed E-state index contributed by atoms with van der Waals surface area (Å²) in [6, 6.07) is 11.5. The van der Waals surface area contributed by atoms with Gasteiger partial charge in [-0.3, -0.25) is 4.79 Å². The Hall–Kier alpha value is -2.84. The first-order valence-corrected chi connectivity index (χ1v) is 12.0. The summed E-state index contributed by atoms with van der Waals surface area (Å²) in [5.74, 6) is -0.0360. The highest BCUT2D eigenvalue weighted by Gasteiger charge is 2.27. The number of amides is 1. The third-order valence-electron chi connectivity index (χ3n) is 4.66. The van der Waals surface area contributed by atoms with Gasteiger partial charge in [0.05, 0.1) is 23.1 Å². The zero-order valence-corrected chi connectivity index (χ0v) is 20.3. The number of aryl methyl sites for hydroxylation is 1. The lowest BCUT2D eigenvalue weighted by atomic mass is 10.1. The van der Waals surface area contributed by atoms with Crippen LogP contribution in [0.3, 0.4) is 0 Å². The van der Waals surface area contributed by atoms with Crippen LogP contribution in [0.15, 0.2) is 41.3 Å². The molecule has 0 radical (unpaired) electrons. The number of carbonyl (C=O) groups excluding carboxylic acids is 2. The standard InChI is InChI=1S/C24H27ClN2O5S/c1-4-15-7-9-17(10-8-15)26-24-27-23(29)20(33-24)13-16-11-18(25)22(19(12-16)30-5-2)32-14-21(28)31-6-3/h7-13,24,26H,4-6,14H2,1-3H3,(H,27,29)/b20-13-/t24-/m0/s1. The van der Waals surface area contributed by atoms with E-state index in [1.807, 2.05) is 19.1 Å². The van der Waals surface area contributed by atoms with E-state index >= 15 is 0 Å². The van der Waals surface area contributed by atoms with E-state index in [4.69, 9.17) is 25.8 Å². The zero-order chi connectivity index (χ0) is 23.8. The number of nitrogens with one attached hydrogen (secondary N) is 2. The molecule has 0 aromatic heterocycles. The Morgan fingerprint density at radius 3 is 2.58 bits per heavy atom. The third-order valence-corrected chi connectivity index (χ3v) is 5.97. The summed E-state index contributed by atoms with van der Waals surface area (Å²) in [4.78, 5) is 24.7. The highest BCUT2D eigenvalue weighted by molar-refractivity contribution is 8.05. The van der Waals surface area contributed by atoms with Gasteiger partial charge in [0.15, 0.2) is 23.6 Å². The lowest BCUT2D eigenvalue weighted by molar-refractivity contribution is -0.145. The summed E-state index contributed by atoms with van der Waals surface area (Å²) in [5, 5.41) is 6.49. The van der Waals surface area contributed by atoms with Crippen LogP contribution in [0.2, 0.25) is 5.02 Å². The summed E-state index contributed by atoms with van der Waals surface area (Å²) in [6.07, 6.45) is 2.71. The molecule has 0 unspecified atom stereocenters. The van der Waals surface area contributed by atoms with Crippen LogP contribution in [0.25, 0.3) is 6.08 Å². The molecule has 176 valence electrons. The van der Waals surface area contributed by atoms with Gasteiger partial charge in [-0.2, -0.15) is 0 Å². The van der Waals surface area contributed by atoms with Gasteiger partial charge in [0.2, 0.25) is 0 Å². The van der Waals surface area contributed by atoms with Gasteiger partial charge in [0.1, 0.15) is 0 Å². The largest absolute Gasteiger partial charge is 0.490 e. The van der Waals surface area contributed by atoms with Crippen molar-refractivity contribution in [3.05, 3.63) is 57.5 Å². The highest BCUT2D eigenvalue weighted by Crippen LogP contribution is 2.38. The predicted molar refractivity (Wildman–Crippen MR) is 132 cm³/mol. The monoisotopic (exact) mass is 490 g/mol. The molecule has 1 amide bonds. The van der Waals surface area contributed by atoms with Crippen LogP contribution in [0.1, 0.15) is 31.9 Å². The van der Waals surface area contributed by atoms with Crippen molar-refractivity contribution in [3.63, 3.8) is 0 Å². The maximum Gasteiger partial charge on any atom is 0.344 e. The van der Waals surface area contributed by atoms with Gasteiger partial charge in [-0.25, -0.2) is 4.79 Å². The molecule has 33 heavy (non-hydrogen) atoms. The smallest absolute Gasteiger partial charge is 0.344 e. The summed E-state index contributed by atoms with van der Waals surface area (Å²) < 4.78 is 16.1. The Kier molecular flexibility index (Phi) is 8.91. The van der Waals surface area contributed by atoms with Crippen molar-refractivity contribution in [2.24, 2.45) is 0 Å². The molecule has 1 fully saturated rings. The Morgan fingerprint density at radius 2 is 1.91 bits per heavy atom. The zero-order valence-electron chi connectivity index (χ0n) is 18.8. The molecule has 1 saturated heterocycles. The van der Waals surface area contributed by atoms with Gasteiger partial charge < -0.3 is 24.8 Å². The van der Waals surface area contributed by atoms with Crippen molar-refractivity contribution in [1.82, 2.24) is 5.32 Å². The van der Waals surface area contributed by atoms with Crippen LogP contribution in [-0.2, 0) is 20.7 Å². The average Bonchev–Trinajstić information content (AvgIpc) is 3.12. The molecule has 3 rings (SSSR count). The molecule has 0 bridgehead atoms. The average molecular weight is 491 g/mol. The summed E-state index contributed by atoms with van der Waals surface area (Å²) in [5.41, 5.74) is 2.57. The number of halogens is 1. The molecule has 2 aromatic rings. The number of hydrogen-bond donors (Lipinski definition) is 2. The van der Waals surface area contributed by atoms with Crippen LogP contribution in [0.5, 0.6) is 11.5 Å². The summed E-state index contributed by atoms with van der Waals surface area (Å²) in [6.45, 7) is 6.02. The van der Waals surface area contributed by atoms with E-state index in [1.54, 1.807) is 25.1 Å². The van der Waals surface area contributed by atoms with Crippen molar-refractivity contribution in [1.29, 1.82) is 0 Å². The second-order valence-corrected chi connectivity index (χ2v) is 8.59. The molecule has 0 saturated carbocycles. The molecule has 0 aliphatic carbocycles. The molecule has 1 heterocycles. The van der Waals surface area contributed by atoms with Crippen molar-refractivity contribution >= 4 is 47.0 Å². The molecule has 1 atom stereocenters. The van der Waals surface area contributed by atoms with Crippen LogP contribution in [0, 0.1) is 0 Å². The van der Waals surface area contributed by atoms with E-state index in [0.717, 1.165) is 12.1 Å². The number of thioether (sulfide) groups is 1. The van der Waals surface area contributed by atoms with Gasteiger partial charge in [0.25, 0.3) is 5.91 Å². The SMILES string of the molecule is CCOC(=O)COc1c(Cl)cc(/C=C2\S[C@@H](Nc3ccc(CC)cc3)NC2=O)cc1OCC. The number of hydrogen-bond acceptors (Lipinski definition) is 7. The van der Waals surface area contributed by atoms with E-state index < -0.39 is 5.97 Å². The Bertz CT molecular complexity index is 1030. The number of benzene rings is 2. The Labute approximate surface area is 202 Å². The van der Waals surface area contributed by atoms with Crippen molar-refractivity contribution in [2.75, 3.05) is 25.1 Å². The third kappa shape index (κ3) is 6.82. The Morgan fingerprint density at radius 1 is 1.15 bits per heavy atom. The van der Waals surface area contributed by atoms with Gasteiger partial charge in [0, 0.05) is 5.69 Å². The molecule has 0 spiro atoms. The molecule has 1 aliphatic rings. The maximum atomic E-state index is 12.5. The minimum Gasteiger partial charge on any atom is -0.490 e. The molecule has 2 aromatic carbocycles. The van der Waals surface area contributed by atoms with Crippen LogP contribution in [-0.4, -0.2) is 37.2 Å². The molecular formula is C24H27ClN2O5S. The molecule has 2 N–H and O–H groups in total. The maximum absolute atomic E-state index is 12.5. The van der Waals surface area contributed by atoms with E-state index in [2.05, 4.69) is 29.7 Å². The van der Waals surface area contributed by atoms with E-state index in [-0.39, 0.29) is 35.4 Å². The fourth-order valence-electron chi connectivity index (χ4n) is 3.11. The van der Waals surface area contributed by atoms with E-state index in [1.165, 1.54) is 17.3 Å². The number of carbonyl (C=O) groups is 2. The molecular weight excluding hydrogens is 464 g/mol. The van der Waals surface area contributed by atoms with Gasteiger partial charge in [-0.1, -0.05) is 42.4 Å². The summed E-state index contributed by atoms with van der Waals surface area (Å²) in [7, 11) is 0. The summed E-state index contributed by atoms with van der Waals surface area (Å²) >= 11 is 7.79. The van der Waals surface area contributed by atoms with Crippen LogP contribution >= 0.6 is 23.4 Å².